The first kappa shape index (κ1) is 10.6. The zero-order valence-electron chi connectivity index (χ0n) is 6.58. The molecule has 0 aliphatic carbocycles. The summed E-state index contributed by atoms with van der Waals surface area (Å²) in [5.41, 5.74) is 0.0833. The fraction of sp³-hybridized carbons (Fsp3) is 0.857. The van der Waals surface area contributed by atoms with Crippen molar-refractivity contribution < 1.29 is 0 Å². The molecule has 8 heavy (non-hydrogen) atoms. The Morgan fingerprint density at radius 3 is 1.25 bits per heavy atom. The average molecular weight is 115 g/mol. The van der Waals surface area contributed by atoms with Gasteiger partial charge in [0.05, 0.1) is 0 Å². The van der Waals surface area contributed by atoms with Crippen LogP contribution in [-0.2, 0) is 0 Å². The molecule has 1 N–H and O–H groups in total. The monoisotopic (exact) mass is 115 g/mol. The van der Waals surface area contributed by atoms with Gasteiger partial charge < -0.3 is 5.41 Å². The smallest absolute Gasteiger partial charge is 0.000591 e. The molecule has 0 aromatic heterocycles. The zero-order chi connectivity index (χ0) is 7.21. The van der Waals surface area contributed by atoms with Gasteiger partial charge in [0, 0.05) is 6.21 Å². The summed E-state index contributed by atoms with van der Waals surface area (Å²) in [7, 11) is 0. The van der Waals surface area contributed by atoms with Crippen molar-refractivity contribution in [1.82, 2.24) is 0 Å². The predicted octanol–water partition coefficient (Wildman–Crippen LogP) is 2.71. The first-order valence-electron chi connectivity index (χ1n) is 3.08. The highest BCUT2D eigenvalue weighted by molar-refractivity contribution is 5.59. The molecule has 1 nitrogen and oxygen atoms in total. The molecule has 0 saturated carbocycles. The van der Waals surface area contributed by atoms with Gasteiger partial charge in [0.1, 0.15) is 0 Å². The lowest BCUT2D eigenvalue weighted by Gasteiger charge is -2.06. The molecule has 0 radical (unpaired) electrons. The van der Waals surface area contributed by atoms with Gasteiger partial charge in [-0.15, -0.1) is 0 Å². The van der Waals surface area contributed by atoms with Crippen molar-refractivity contribution in [2.75, 3.05) is 0 Å². The van der Waals surface area contributed by atoms with Crippen LogP contribution in [0.3, 0.4) is 0 Å². The molecule has 0 rings (SSSR count). The van der Waals surface area contributed by atoms with E-state index in [9.17, 15) is 0 Å². The summed E-state index contributed by atoms with van der Waals surface area (Å²) >= 11 is 0. The third kappa shape index (κ3) is 17.3. The summed E-state index contributed by atoms with van der Waals surface area (Å²) in [5, 5.41) is 6.73. The topological polar surface area (TPSA) is 23.9 Å². The maximum Gasteiger partial charge on any atom is 0.000591 e. The summed E-state index contributed by atoms with van der Waals surface area (Å²) < 4.78 is 0. The molecule has 0 unspecified atom stereocenters. The molecule has 0 fully saturated rings. The van der Waals surface area contributed by atoms with Crippen LogP contribution in [-0.4, -0.2) is 6.21 Å². The number of rotatable bonds is 0. The van der Waals surface area contributed by atoms with Crippen LogP contribution in [0.25, 0.3) is 0 Å². The van der Waals surface area contributed by atoms with Gasteiger partial charge in [-0.2, -0.15) is 0 Å². The Kier molecular flexibility index (Phi) is 6.39. The summed E-state index contributed by atoms with van der Waals surface area (Å²) in [6.07, 6.45) is 1.44. The van der Waals surface area contributed by atoms with Crippen molar-refractivity contribution >= 4 is 6.21 Å². The number of hydrogen-bond donors (Lipinski definition) is 1. The lowest BCUT2D eigenvalue weighted by molar-refractivity contribution is 0.604. The van der Waals surface area contributed by atoms with E-state index in [0.29, 0.717) is 0 Å². The lowest BCUT2D eigenvalue weighted by Crippen LogP contribution is -2.03. The first-order chi connectivity index (χ1) is 3.56. The van der Waals surface area contributed by atoms with Crippen molar-refractivity contribution in [3.63, 3.8) is 0 Å². The van der Waals surface area contributed by atoms with Crippen molar-refractivity contribution in [3.8, 4) is 0 Å². The minimum Gasteiger partial charge on any atom is -0.313 e. The van der Waals surface area contributed by atoms with Crippen LogP contribution in [0.1, 0.15) is 34.6 Å². The Morgan fingerprint density at radius 1 is 1.12 bits per heavy atom. The summed E-state index contributed by atoms with van der Waals surface area (Å²) in [6, 6.07) is 0. The summed E-state index contributed by atoms with van der Waals surface area (Å²) in [5.74, 6) is 0. The molecule has 0 aliphatic rings. The van der Waals surface area contributed by atoms with Crippen LogP contribution in [0.15, 0.2) is 0 Å². The Hall–Kier alpha value is -0.330. The van der Waals surface area contributed by atoms with Crippen LogP contribution in [0.4, 0.5) is 0 Å². The van der Waals surface area contributed by atoms with Gasteiger partial charge in [-0.25, -0.2) is 0 Å². The zero-order valence-corrected chi connectivity index (χ0v) is 6.58. The Labute approximate surface area is 52.6 Å². The Morgan fingerprint density at radius 2 is 1.25 bits per heavy atom. The molecule has 0 aliphatic heterocycles. The van der Waals surface area contributed by atoms with Crippen LogP contribution in [0.5, 0.6) is 0 Å². The largest absolute Gasteiger partial charge is 0.313 e. The minimum absolute atomic E-state index is 0.0833. The fourth-order valence-corrected chi connectivity index (χ4v) is 0. The molecule has 50 valence electrons. The second kappa shape index (κ2) is 4.82. The highest BCUT2D eigenvalue weighted by Crippen LogP contribution is 2.05. The van der Waals surface area contributed by atoms with Crippen molar-refractivity contribution in [3.05, 3.63) is 0 Å². The van der Waals surface area contributed by atoms with Gasteiger partial charge in [0.25, 0.3) is 0 Å². The minimum atomic E-state index is 0.0833. The fourth-order valence-electron chi connectivity index (χ4n) is 0. The van der Waals surface area contributed by atoms with E-state index in [4.69, 9.17) is 5.41 Å². The van der Waals surface area contributed by atoms with E-state index in [1.165, 1.54) is 6.21 Å². The predicted molar refractivity (Wildman–Crippen MR) is 39.6 cm³/mol. The SMILES string of the molecule is CC.CC(C)(C)C=N. The molecule has 1 heteroatoms. The van der Waals surface area contributed by atoms with E-state index in [2.05, 4.69) is 0 Å². The first-order valence-corrected chi connectivity index (χ1v) is 3.08. The van der Waals surface area contributed by atoms with Crippen LogP contribution in [0, 0.1) is 10.8 Å². The average Bonchev–Trinajstić information content (AvgIpc) is 1.71. The summed E-state index contributed by atoms with van der Waals surface area (Å²) in [6.45, 7) is 10.0. The maximum absolute atomic E-state index is 6.73. The highest BCUT2D eigenvalue weighted by atomic mass is 14.4. The van der Waals surface area contributed by atoms with E-state index in [0.717, 1.165) is 0 Å². The third-order valence-corrected chi connectivity index (χ3v) is 0.433. The third-order valence-electron chi connectivity index (χ3n) is 0.433. The maximum atomic E-state index is 6.73. The molecule has 0 amide bonds. The van der Waals surface area contributed by atoms with E-state index in [1.54, 1.807) is 0 Å². The van der Waals surface area contributed by atoms with Crippen molar-refractivity contribution in [1.29, 1.82) is 5.41 Å². The van der Waals surface area contributed by atoms with Gasteiger partial charge >= 0.3 is 0 Å². The number of hydrogen-bond acceptors (Lipinski definition) is 1. The van der Waals surface area contributed by atoms with Crippen molar-refractivity contribution in [2.24, 2.45) is 5.41 Å². The standard InChI is InChI=1S/C5H11N.C2H6/c1-5(2,3)4-6;1-2/h4,6H,1-3H3;1-2H3. The normalized spacial score (nSPS) is 9.12. The molecule has 0 atom stereocenters. The molecule has 0 saturated heterocycles. The van der Waals surface area contributed by atoms with E-state index in [1.807, 2.05) is 34.6 Å². The van der Waals surface area contributed by atoms with Gasteiger partial charge in [0.2, 0.25) is 0 Å². The molecule has 0 spiro atoms. The van der Waals surface area contributed by atoms with Crippen LogP contribution < -0.4 is 0 Å². The van der Waals surface area contributed by atoms with Gasteiger partial charge in [-0.3, -0.25) is 0 Å². The van der Waals surface area contributed by atoms with Gasteiger partial charge in [0.15, 0.2) is 0 Å². The van der Waals surface area contributed by atoms with Crippen LogP contribution >= 0.6 is 0 Å². The highest BCUT2D eigenvalue weighted by Gasteiger charge is 2.01. The molecule has 0 aromatic rings. The number of nitrogens with one attached hydrogen (secondary N) is 1. The Bertz CT molecular complexity index is 49.9. The van der Waals surface area contributed by atoms with Gasteiger partial charge in [-0.05, 0) is 5.41 Å². The Balaban J connectivity index is 0. The van der Waals surface area contributed by atoms with Crippen LogP contribution in [0.2, 0.25) is 0 Å². The second-order valence-electron chi connectivity index (χ2n) is 2.51. The summed E-state index contributed by atoms with van der Waals surface area (Å²) in [4.78, 5) is 0. The van der Waals surface area contributed by atoms with E-state index in [-0.39, 0.29) is 5.41 Å². The van der Waals surface area contributed by atoms with E-state index >= 15 is 0 Å². The molecular formula is C7H17N. The van der Waals surface area contributed by atoms with E-state index < -0.39 is 0 Å². The molecule has 0 bridgehead atoms. The lowest BCUT2D eigenvalue weighted by atomic mass is 10.00. The van der Waals surface area contributed by atoms with Gasteiger partial charge in [-0.1, -0.05) is 34.6 Å². The second-order valence-corrected chi connectivity index (χ2v) is 2.51. The van der Waals surface area contributed by atoms with Crippen molar-refractivity contribution in [2.45, 2.75) is 34.6 Å². The molecule has 0 aromatic carbocycles. The quantitative estimate of drug-likeness (QED) is 0.469. The molecule has 0 heterocycles. The molecular weight excluding hydrogens is 98.1 g/mol.